The highest BCUT2D eigenvalue weighted by Crippen LogP contribution is 2.34. The summed E-state index contributed by atoms with van der Waals surface area (Å²) in [5.41, 5.74) is -1.41. The first kappa shape index (κ1) is 18.3. The van der Waals surface area contributed by atoms with Crippen molar-refractivity contribution in [3.8, 4) is 56.4 Å². The van der Waals surface area contributed by atoms with Crippen LogP contribution in [0.5, 0.6) is 0 Å². The van der Waals surface area contributed by atoms with E-state index in [9.17, 15) is 5.48 Å². The Kier molecular flexibility index (Phi) is 4.37. The minimum atomic E-state index is -0.797. The van der Waals surface area contributed by atoms with Gasteiger partial charge in [-0.3, -0.25) is 0 Å². The summed E-state index contributed by atoms with van der Waals surface area (Å²) >= 11 is 0. The Bertz CT molecular complexity index is 3800. The minimum absolute atomic E-state index is 0.158. The van der Waals surface area contributed by atoms with Crippen molar-refractivity contribution in [1.82, 2.24) is 15.0 Å². The van der Waals surface area contributed by atoms with Gasteiger partial charge in [0.1, 0.15) is 0 Å². The smallest absolute Gasteiger partial charge is 0.164 e. The van der Waals surface area contributed by atoms with Gasteiger partial charge in [0.25, 0.3) is 0 Å². The van der Waals surface area contributed by atoms with E-state index < -0.39 is 124 Å². The van der Waals surface area contributed by atoms with Crippen LogP contribution in [0, 0.1) is 0 Å². The summed E-state index contributed by atoms with van der Waals surface area (Å²) < 4.78 is 133. The summed E-state index contributed by atoms with van der Waals surface area (Å²) in [5.74, 6) is 0.0945. The van der Waals surface area contributed by atoms with Crippen LogP contribution >= 0.6 is 0 Å². The molecule has 0 saturated carbocycles. The summed E-state index contributed by atoms with van der Waals surface area (Å²) in [6, 6.07) is 19.8. The van der Waals surface area contributed by atoms with E-state index in [2.05, 4.69) is 0 Å². The second-order valence-electron chi connectivity index (χ2n) is 12.1. The highest BCUT2D eigenvalue weighted by molar-refractivity contribution is 6.08. The van der Waals surface area contributed by atoms with Crippen LogP contribution in [0.3, 0.4) is 0 Å². The van der Waals surface area contributed by atoms with E-state index in [4.69, 9.17) is 30.0 Å². The van der Waals surface area contributed by atoms with Gasteiger partial charge in [-0.1, -0.05) is 164 Å². The van der Waals surface area contributed by atoms with E-state index in [-0.39, 0.29) is 23.0 Å². The average Bonchev–Trinajstić information content (AvgIpc) is 3.34. The van der Waals surface area contributed by atoms with E-state index in [1.54, 1.807) is 0 Å². The number of benzene rings is 9. The lowest BCUT2D eigenvalue weighted by Crippen LogP contribution is -2.00. The summed E-state index contributed by atoms with van der Waals surface area (Å²) in [4.78, 5) is 14.6. The van der Waals surface area contributed by atoms with Crippen molar-refractivity contribution in [1.29, 1.82) is 0 Å². The fourth-order valence-corrected chi connectivity index (χ4v) is 6.39. The molecule has 0 N–H and O–H groups in total. The molecule has 0 amide bonds. The molecule has 0 saturated heterocycles. The molecule has 0 fully saturated rings. The van der Waals surface area contributed by atoms with Gasteiger partial charge in [-0.2, -0.15) is 0 Å². The molecular formula is C49H31N3. The van der Waals surface area contributed by atoms with Gasteiger partial charge in [-0.25, -0.2) is 15.0 Å². The van der Waals surface area contributed by atoms with E-state index >= 15 is 0 Å². The molecule has 3 heteroatoms. The zero-order valence-corrected chi connectivity index (χ0v) is 27.1. The largest absolute Gasteiger partial charge is 0.208 e. The maximum absolute atomic E-state index is 9.66. The predicted octanol–water partition coefficient (Wildman–Crippen LogP) is 12.8. The molecular weight excluding hydrogens is 631 g/mol. The maximum atomic E-state index is 9.66. The Labute approximate surface area is 322 Å². The highest BCUT2D eigenvalue weighted by Gasteiger charge is 2.16. The van der Waals surface area contributed by atoms with Crippen LogP contribution in [0.25, 0.3) is 99.5 Å². The third-order valence-corrected chi connectivity index (χ3v) is 8.89. The van der Waals surface area contributed by atoms with Crippen molar-refractivity contribution in [2.45, 2.75) is 0 Å². The molecule has 10 rings (SSSR count). The quantitative estimate of drug-likeness (QED) is 0.170. The molecule has 0 radical (unpaired) electrons. The minimum Gasteiger partial charge on any atom is -0.208 e. The lowest BCUT2D eigenvalue weighted by molar-refractivity contribution is 1.08. The Morgan fingerprint density at radius 1 is 0.327 bits per heavy atom. The normalized spacial score (nSPS) is 15.5. The summed E-state index contributed by atoms with van der Waals surface area (Å²) in [6.07, 6.45) is 0. The lowest BCUT2D eigenvalue weighted by atomic mass is 9.97. The fourth-order valence-electron chi connectivity index (χ4n) is 6.39. The number of aromatic nitrogens is 3. The molecule has 242 valence electrons. The molecule has 9 aromatic carbocycles. The Hall–Kier alpha value is -6.97. The van der Waals surface area contributed by atoms with Gasteiger partial charge in [0, 0.05) is 16.7 Å². The summed E-state index contributed by atoms with van der Waals surface area (Å²) in [5, 5.41) is 4.63. The third kappa shape index (κ3) is 5.37. The Morgan fingerprint density at radius 3 is 1.71 bits per heavy atom. The number of rotatable bonds is 5. The van der Waals surface area contributed by atoms with Gasteiger partial charge >= 0.3 is 0 Å². The van der Waals surface area contributed by atoms with Crippen LogP contribution in [0.1, 0.15) is 20.6 Å². The first-order valence-electron chi connectivity index (χ1n) is 23.9. The number of nitrogens with zero attached hydrogens (tertiary/aromatic N) is 3. The number of fused-ring (bicyclic) bond motifs is 5. The van der Waals surface area contributed by atoms with Gasteiger partial charge in [0.05, 0.1) is 20.6 Å². The zero-order chi connectivity index (χ0) is 47.5. The van der Waals surface area contributed by atoms with Crippen LogP contribution in [0.4, 0.5) is 0 Å². The number of hydrogen-bond donors (Lipinski definition) is 0. The van der Waals surface area contributed by atoms with Gasteiger partial charge in [0.15, 0.2) is 17.5 Å². The first-order valence-corrected chi connectivity index (χ1v) is 16.4. The van der Waals surface area contributed by atoms with Crippen LogP contribution < -0.4 is 0 Å². The molecule has 1 aromatic heterocycles. The van der Waals surface area contributed by atoms with Gasteiger partial charge < -0.3 is 0 Å². The molecule has 3 nitrogen and oxygen atoms in total. The second kappa shape index (κ2) is 12.4. The molecule has 0 spiro atoms. The number of hydrogen-bond acceptors (Lipinski definition) is 3. The molecule has 0 aliphatic carbocycles. The van der Waals surface area contributed by atoms with Crippen LogP contribution in [0.2, 0.25) is 0 Å². The standard InChI is InChI=1S/C49H31N3/c1-2-10-32(11-3-1)36-21-22-39-29-37(23-24-38(39)28-36)35-15-8-16-41(30-35)47-50-48(52-49(51-47)46-19-9-14-33-12-4-7-18-44(33)46)42-26-27-45-40(31-42)25-20-34-13-5-6-17-43(34)45/h1-31H/i1D,2D,3D,8D,10D,11D,15D,16D,21D,22D,23D,24D,28D,29D,30D. The van der Waals surface area contributed by atoms with Gasteiger partial charge in [0.2, 0.25) is 0 Å². The predicted molar refractivity (Wildman–Crippen MR) is 217 cm³/mol. The third-order valence-electron chi connectivity index (χ3n) is 8.89. The molecule has 0 bridgehead atoms. The monoisotopic (exact) mass is 676 g/mol. The highest BCUT2D eigenvalue weighted by atomic mass is 15.0. The maximum Gasteiger partial charge on any atom is 0.164 e. The van der Waals surface area contributed by atoms with Crippen molar-refractivity contribution in [3.63, 3.8) is 0 Å². The molecule has 10 aromatic rings. The van der Waals surface area contributed by atoms with Crippen molar-refractivity contribution in [3.05, 3.63) is 188 Å². The topological polar surface area (TPSA) is 38.7 Å². The van der Waals surface area contributed by atoms with Gasteiger partial charge in [-0.15, -0.1) is 0 Å². The van der Waals surface area contributed by atoms with Crippen LogP contribution in [-0.4, -0.2) is 15.0 Å². The molecule has 52 heavy (non-hydrogen) atoms. The van der Waals surface area contributed by atoms with E-state index in [0.717, 1.165) is 32.3 Å². The van der Waals surface area contributed by atoms with Crippen LogP contribution in [0.15, 0.2) is 188 Å². The zero-order valence-electron chi connectivity index (χ0n) is 42.1. The van der Waals surface area contributed by atoms with Crippen molar-refractivity contribution in [2.75, 3.05) is 0 Å². The summed E-state index contributed by atoms with van der Waals surface area (Å²) in [7, 11) is 0. The molecule has 1 heterocycles. The molecule has 0 aliphatic rings. The molecule has 0 atom stereocenters. The molecule has 0 aliphatic heterocycles. The van der Waals surface area contributed by atoms with Crippen molar-refractivity contribution < 1.29 is 20.6 Å². The lowest BCUT2D eigenvalue weighted by Gasteiger charge is -2.12. The van der Waals surface area contributed by atoms with E-state index in [1.807, 2.05) is 97.1 Å². The fraction of sp³-hybridized carbons (Fsp3) is 0. The van der Waals surface area contributed by atoms with Crippen molar-refractivity contribution >= 4 is 43.1 Å². The summed E-state index contributed by atoms with van der Waals surface area (Å²) in [6.45, 7) is 0. The SMILES string of the molecule is [2H]c1c([2H])c([2H])c(-c2c([2H])c([2H])c3c([2H])c(-c4c([2H])c([2H])c([2H])c(-c5nc(-c6ccc7c(ccc8ccccc87)c6)nc(-c6cccc7ccccc67)n5)c4[2H])c([2H])c([2H])c3c2[2H])c([2H])c1[2H]. The Morgan fingerprint density at radius 2 is 0.904 bits per heavy atom. The second-order valence-corrected chi connectivity index (χ2v) is 12.1. The molecule has 0 unspecified atom stereocenters. The van der Waals surface area contributed by atoms with E-state index in [0.29, 0.717) is 11.1 Å². The Balaban J connectivity index is 1.24. The van der Waals surface area contributed by atoms with Crippen LogP contribution in [-0.2, 0) is 0 Å². The average molecular weight is 677 g/mol. The van der Waals surface area contributed by atoms with Crippen molar-refractivity contribution in [2.24, 2.45) is 0 Å². The van der Waals surface area contributed by atoms with Gasteiger partial charge in [-0.05, 0) is 89.5 Å². The first-order chi connectivity index (χ1) is 32.0. The van der Waals surface area contributed by atoms with E-state index in [1.165, 1.54) is 0 Å².